The Morgan fingerprint density at radius 3 is 2.45 bits per heavy atom. The van der Waals surface area contributed by atoms with Crippen molar-refractivity contribution < 1.29 is 9.59 Å². The quantitative estimate of drug-likeness (QED) is 0.854. The van der Waals surface area contributed by atoms with Gasteiger partial charge in [-0.05, 0) is 43.7 Å². The summed E-state index contributed by atoms with van der Waals surface area (Å²) in [5.74, 6) is 0.654. The molecule has 1 saturated carbocycles. The molecule has 1 aromatic rings. The van der Waals surface area contributed by atoms with Crippen LogP contribution in [0.3, 0.4) is 0 Å². The fraction of sp³-hybridized carbons (Fsp3) is 0.500. The minimum absolute atomic E-state index is 0.0511. The number of hydrazine groups is 1. The van der Waals surface area contributed by atoms with E-state index >= 15 is 0 Å². The van der Waals surface area contributed by atoms with E-state index in [4.69, 9.17) is 0 Å². The van der Waals surface area contributed by atoms with Crippen molar-refractivity contribution in [1.82, 2.24) is 5.43 Å². The van der Waals surface area contributed by atoms with Gasteiger partial charge in [-0.25, -0.2) is 5.01 Å². The van der Waals surface area contributed by atoms with Gasteiger partial charge in [0.15, 0.2) is 0 Å². The lowest BCUT2D eigenvalue weighted by atomic mass is 9.67. The zero-order chi connectivity index (χ0) is 14.2. The monoisotopic (exact) mass is 272 g/mol. The molecule has 0 radical (unpaired) electrons. The predicted octanol–water partition coefficient (Wildman–Crippen LogP) is 2.65. The number of hydrogen-bond donors (Lipinski definition) is 1. The van der Waals surface area contributed by atoms with Crippen LogP contribution in [0.25, 0.3) is 0 Å². The van der Waals surface area contributed by atoms with Crippen molar-refractivity contribution in [2.75, 3.05) is 5.01 Å². The molecule has 0 aromatic heterocycles. The molecule has 0 unspecified atom stereocenters. The van der Waals surface area contributed by atoms with E-state index in [1.54, 1.807) is 0 Å². The molecule has 1 heterocycles. The first kappa shape index (κ1) is 13.2. The summed E-state index contributed by atoms with van der Waals surface area (Å²) >= 11 is 0. The van der Waals surface area contributed by atoms with Gasteiger partial charge in [0.1, 0.15) is 0 Å². The second-order valence-corrected chi connectivity index (χ2v) is 6.15. The highest BCUT2D eigenvalue weighted by molar-refractivity contribution is 6.05. The van der Waals surface area contributed by atoms with E-state index in [1.165, 1.54) is 5.01 Å². The van der Waals surface area contributed by atoms with Crippen LogP contribution in [0.5, 0.6) is 0 Å². The van der Waals surface area contributed by atoms with Gasteiger partial charge in [0.05, 0.1) is 11.1 Å². The first-order valence-electron chi connectivity index (χ1n) is 7.30. The number of anilines is 1. The van der Waals surface area contributed by atoms with E-state index in [0.29, 0.717) is 12.3 Å². The van der Waals surface area contributed by atoms with Crippen LogP contribution in [0.1, 0.15) is 39.0 Å². The molecule has 0 atom stereocenters. The molecule has 0 bridgehead atoms. The van der Waals surface area contributed by atoms with E-state index in [2.05, 4.69) is 12.3 Å². The third-order valence-electron chi connectivity index (χ3n) is 4.64. The normalized spacial score (nSPS) is 30.4. The average molecular weight is 272 g/mol. The van der Waals surface area contributed by atoms with Gasteiger partial charge in [-0.3, -0.25) is 15.0 Å². The van der Waals surface area contributed by atoms with Crippen molar-refractivity contribution in [3.05, 3.63) is 30.3 Å². The molecule has 4 nitrogen and oxygen atoms in total. The van der Waals surface area contributed by atoms with E-state index < -0.39 is 5.41 Å². The zero-order valence-electron chi connectivity index (χ0n) is 11.8. The Kier molecular flexibility index (Phi) is 3.24. The molecule has 1 aromatic carbocycles. The number of para-hydroxylation sites is 1. The summed E-state index contributed by atoms with van der Waals surface area (Å²) < 4.78 is 0. The lowest BCUT2D eigenvalue weighted by Crippen LogP contribution is -2.60. The number of nitrogens with zero attached hydrogens (tertiary/aromatic N) is 1. The Hall–Kier alpha value is -1.84. The Morgan fingerprint density at radius 1 is 1.15 bits per heavy atom. The second-order valence-electron chi connectivity index (χ2n) is 6.15. The van der Waals surface area contributed by atoms with E-state index in [9.17, 15) is 9.59 Å². The highest BCUT2D eigenvalue weighted by atomic mass is 16.2. The topological polar surface area (TPSA) is 49.4 Å². The van der Waals surface area contributed by atoms with Crippen LogP contribution < -0.4 is 10.4 Å². The summed E-state index contributed by atoms with van der Waals surface area (Å²) in [5.41, 5.74) is 2.97. The van der Waals surface area contributed by atoms with Gasteiger partial charge < -0.3 is 0 Å². The van der Waals surface area contributed by atoms with Crippen molar-refractivity contribution >= 4 is 17.5 Å². The third-order valence-corrected chi connectivity index (χ3v) is 4.64. The summed E-state index contributed by atoms with van der Waals surface area (Å²) in [5, 5.41) is 1.45. The van der Waals surface area contributed by atoms with Gasteiger partial charge in [0.2, 0.25) is 5.91 Å². The number of nitrogens with one attached hydrogen (secondary N) is 1. The number of hydrogen-bond acceptors (Lipinski definition) is 2. The maximum Gasteiger partial charge on any atom is 0.252 e. The lowest BCUT2D eigenvalue weighted by molar-refractivity contribution is -0.143. The molecule has 106 valence electrons. The number of amides is 2. The minimum Gasteiger partial charge on any atom is -0.273 e. The van der Waals surface area contributed by atoms with Crippen LogP contribution in [0.2, 0.25) is 0 Å². The number of carbonyl (C=O) groups is 2. The first-order valence-corrected chi connectivity index (χ1v) is 7.30. The van der Waals surface area contributed by atoms with E-state index in [0.717, 1.165) is 31.4 Å². The summed E-state index contributed by atoms with van der Waals surface area (Å²) in [7, 11) is 0. The van der Waals surface area contributed by atoms with Gasteiger partial charge in [-0.15, -0.1) is 0 Å². The number of rotatable bonds is 1. The van der Waals surface area contributed by atoms with Crippen molar-refractivity contribution in [3.63, 3.8) is 0 Å². The van der Waals surface area contributed by atoms with Gasteiger partial charge in [-0.2, -0.15) is 0 Å². The van der Waals surface area contributed by atoms with Crippen LogP contribution in [-0.2, 0) is 9.59 Å². The molecule has 3 rings (SSSR count). The molecule has 2 amide bonds. The Bertz CT molecular complexity index is 519. The van der Waals surface area contributed by atoms with E-state index in [1.807, 2.05) is 30.3 Å². The van der Waals surface area contributed by atoms with Gasteiger partial charge >= 0.3 is 0 Å². The maximum atomic E-state index is 12.9. The van der Waals surface area contributed by atoms with Gasteiger partial charge in [0, 0.05) is 6.42 Å². The fourth-order valence-electron chi connectivity index (χ4n) is 3.30. The summed E-state index contributed by atoms with van der Waals surface area (Å²) in [6.45, 7) is 2.22. The Balaban J connectivity index is 1.90. The number of carbonyl (C=O) groups excluding carboxylic acids is 2. The lowest BCUT2D eigenvalue weighted by Gasteiger charge is -2.44. The standard InChI is InChI=1S/C16H20N2O2/c1-12-7-9-16(10-8-12)11-14(19)17-18(15(16)20)13-5-3-2-4-6-13/h2-6,12H,7-11H2,1H3,(H,17,19). The highest BCUT2D eigenvalue weighted by Gasteiger charge is 2.48. The molecule has 1 aliphatic carbocycles. The smallest absolute Gasteiger partial charge is 0.252 e. The van der Waals surface area contributed by atoms with Crippen molar-refractivity contribution in [3.8, 4) is 0 Å². The SMILES string of the molecule is CC1CCC2(CC1)CC(=O)NN(c1ccccc1)C2=O. The third kappa shape index (κ3) is 2.19. The van der Waals surface area contributed by atoms with Crippen LogP contribution in [0.15, 0.2) is 30.3 Å². The molecule has 1 N–H and O–H groups in total. The first-order chi connectivity index (χ1) is 9.61. The van der Waals surface area contributed by atoms with Gasteiger partial charge in [0.25, 0.3) is 5.91 Å². The molecule has 2 fully saturated rings. The predicted molar refractivity (Wildman–Crippen MR) is 76.8 cm³/mol. The minimum atomic E-state index is -0.481. The van der Waals surface area contributed by atoms with Gasteiger partial charge in [-0.1, -0.05) is 25.1 Å². The largest absolute Gasteiger partial charge is 0.273 e. The summed E-state index contributed by atoms with van der Waals surface area (Å²) in [6, 6.07) is 9.35. The molecule has 1 saturated heterocycles. The Morgan fingerprint density at radius 2 is 1.80 bits per heavy atom. The highest BCUT2D eigenvalue weighted by Crippen LogP contribution is 2.44. The fourth-order valence-corrected chi connectivity index (χ4v) is 3.30. The van der Waals surface area contributed by atoms with E-state index in [-0.39, 0.29) is 11.8 Å². The molecular formula is C16H20N2O2. The molecular weight excluding hydrogens is 252 g/mol. The number of benzene rings is 1. The Labute approximate surface area is 119 Å². The molecule has 1 aliphatic heterocycles. The maximum absolute atomic E-state index is 12.9. The van der Waals surface area contributed by atoms with Crippen molar-refractivity contribution in [2.45, 2.75) is 39.0 Å². The zero-order valence-corrected chi connectivity index (χ0v) is 11.8. The molecule has 2 aliphatic rings. The molecule has 20 heavy (non-hydrogen) atoms. The molecule has 1 spiro atoms. The summed E-state index contributed by atoms with van der Waals surface area (Å²) in [4.78, 5) is 24.9. The van der Waals surface area contributed by atoms with Crippen molar-refractivity contribution in [2.24, 2.45) is 11.3 Å². The van der Waals surface area contributed by atoms with Crippen LogP contribution in [0, 0.1) is 11.3 Å². The molecule has 4 heteroatoms. The van der Waals surface area contributed by atoms with Crippen LogP contribution in [0.4, 0.5) is 5.69 Å². The second kappa shape index (κ2) is 4.93. The average Bonchev–Trinajstić information content (AvgIpc) is 2.47. The summed E-state index contributed by atoms with van der Waals surface area (Å²) in [6.07, 6.45) is 4.04. The van der Waals surface area contributed by atoms with Crippen molar-refractivity contribution in [1.29, 1.82) is 0 Å². The van der Waals surface area contributed by atoms with Crippen LogP contribution >= 0.6 is 0 Å². The van der Waals surface area contributed by atoms with Crippen LogP contribution in [-0.4, -0.2) is 11.8 Å².